The fraction of sp³-hybridized carbons (Fsp3) is 0.357. The van der Waals surface area contributed by atoms with Crippen molar-refractivity contribution in [1.29, 1.82) is 0 Å². The first kappa shape index (κ1) is 13.9. The van der Waals surface area contributed by atoms with Crippen LogP contribution >= 0.6 is 0 Å². The molecule has 1 rings (SSSR count). The van der Waals surface area contributed by atoms with E-state index < -0.39 is 9.76 Å². The Morgan fingerprint density at radius 2 is 1.88 bits per heavy atom. The van der Waals surface area contributed by atoms with Crippen LogP contribution in [-0.4, -0.2) is 22.2 Å². The molecule has 0 saturated carbocycles. The van der Waals surface area contributed by atoms with Crippen LogP contribution in [0.15, 0.2) is 30.8 Å². The average molecular weight is 248 g/mol. The third kappa shape index (κ3) is 3.95. The zero-order valence-corrected chi connectivity index (χ0v) is 12.2. The quantitative estimate of drug-likeness (QED) is 0.571. The van der Waals surface area contributed by atoms with Gasteiger partial charge in [0.15, 0.2) is 15.5 Å². The number of carbonyl (C=O) groups is 1. The van der Waals surface area contributed by atoms with E-state index in [9.17, 15) is 4.79 Å². The maximum atomic E-state index is 12.0. The van der Waals surface area contributed by atoms with E-state index in [1.165, 1.54) is 0 Å². The molecule has 0 spiro atoms. The van der Waals surface area contributed by atoms with Gasteiger partial charge in [0.1, 0.15) is 0 Å². The lowest BCUT2D eigenvalue weighted by molar-refractivity contribution is 0.0891. The molecule has 0 N–H and O–H groups in total. The predicted molar refractivity (Wildman–Crippen MR) is 75.0 cm³/mol. The molecule has 92 valence electrons. The lowest BCUT2D eigenvalue weighted by Gasteiger charge is -2.11. The summed E-state index contributed by atoms with van der Waals surface area (Å²) in [4.78, 5) is 12.0. The third-order valence-corrected chi connectivity index (χ3v) is 3.33. The van der Waals surface area contributed by atoms with Gasteiger partial charge in [0.25, 0.3) is 0 Å². The number of hydrogen-bond acceptors (Lipinski definition) is 2. The highest BCUT2D eigenvalue weighted by Crippen LogP contribution is 2.15. The van der Waals surface area contributed by atoms with Crippen molar-refractivity contribution in [2.45, 2.75) is 20.4 Å². The van der Waals surface area contributed by atoms with E-state index in [0.29, 0.717) is 6.61 Å². The summed E-state index contributed by atoms with van der Waals surface area (Å²) >= 11 is 0. The Hall–Kier alpha value is -1.19. The average Bonchev–Trinajstić information content (AvgIpc) is 2.35. The largest absolute Gasteiger partial charge is 0.424 e. The van der Waals surface area contributed by atoms with Crippen LogP contribution in [0, 0.1) is 5.92 Å². The molecule has 0 bridgehead atoms. The second-order valence-electron chi connectivity index (χ2n) is 4.28. The normalized spacial score (nSPS) is 12.9. The molecule has 0 heterocycles. The fourth-order valence-electron chi connectivity index (χ4n) is 1.57. The Morgan fingerprint density at radius 1 is 1.35 bits per heavy atom. The van der Waals surface area contributed by atoms with Gasteiger partial charge < -0.3 is 4.43 Å². The minimum Gasteiger partial charge on any atom is -0.424 e. The molecule has 17 heavy (non-hydrogen) atoms. The first-order valence-corrected chi connectivity index (χ1v) is 7.93. The first-order valence-electron chi connectivity index (χ1n) is 5.94. The number of benzene rings is 1. The van der Waals surface area contributed by atoms with E-state index in [2.05, 4.69) is 13.1 Å². The lowest BCUT2D eigenvalue weighted by Crippen LogP contribution is -2.17. The van der Waals surface area contributed by atoms with Gasteiger partial charge in [-0.25, -0.2) is 0 Å². The van der Waals surface area contributed by atoms with Crippen LogP contribution in [0.1, 0.15) is 29.8 Å². The topological polar surface area (TPSA) is 26.3 Å². The first-order chi connectivity index (χ1) is 8.06. The van der Waals surface area contributed by atoms with E-state index in [4.69, 9.17) is 4.43 Å². The summed E-state index contributed by atoms with van der Waals surface area (Å²) in [5.41, 5.74) is 2.84. The number of rotatable bonds is 6. The maximum absolute atomic E-state index is 12.0. The summed E-state index contributed by atoms with van der Waals surface area (Å²) in [5.74, 6) is 0.0962. The highest BCUT2D eigenvalue weighted by atomic mass is 28.2. The minimum atomic E-state index is -0.422. The third-order valence-electron chi connectivity index (χ3n) is 2.68. The fourth-order valence-corrected chi connectivity index (χ4v) is 2.16. The summed E-state index contributed by atoms with van der Waals surface area (Å²) in [5, 5.41) is 0. The second-order valence-corrected chi connectivity index (χ2v) is 5.27. The summed E-state index contributed by atoms with van der Waals surface area (Å²) in [7, 11) is -0.422. The summed E-state index contributed by atoms with van der Waals surface area (Å²) in [6.07, 6.45) is 0. The zero-order chi connectivity index (χ0) is 12.8. The molecule has 1 unspecified atom stereocenters. The van der Waals surface area contributed by atoms with Crippen LogP contribution in [0.5, 0.6) is 0 Å². The molecule has 1 aromatic carbocycles. The van der Waals surface area contributed by atoms with Gasteiger partial charge in [-0.15, -0.1) is 0 Å². The highest BCUT2D eigenvalue weighted by Gasteiger charge is 2.14. The van der Waals surface area contributed by atoms with Crippen LogP contribution in [0.4, 0.5) is 0 Å². The smallest absolute Gasteiger partial charge is 0.167 e. The maximum Gasteiger partial charge on any atom is 0.167 e. The minimum absolute atomic E-state index is 0.0573. The van der Waals surface area contributed by atoms with Crippen molar-refractivity contribution >= 4 is 21.1 Å². The number of ketones is 1. The second kappa shape index (κ2) is 6.52. The van der Waals surface area contributed by atoms with Crippen molar-refractivity contribution in [2.75, 3.05) is 6.61 Å². The molecule has 3 heteroatoms. The van der Waals surface area contributed by atoms with Gasteiger partial charge in [0.05, 0.1) is 0 Å². The SMILES string of the molecule is C=C(C)c1ccc(C(=O)C(C)CO[SiH2]C)cc1. The van der Waals surface area contributed by atoms with Crippen molar-refractivity contribution in [3.8, 4) is 0 Å². The molecule has 1 atom stereocenters. The standard InChI is InChI=1S/C14H20O2Si/c1-10(2)12-5-7-13(8-6-12)14(15)11(3)9-16-17-4/h5-8,11H,1,9,17H2,2-4H3. The van der Waals surface area contributed by atoms with Gasteiger partial charge in [-0.1, -0.05) is 49.9 Å². The van der Waals surface area contributed by atoms with Crippen molar-refractivity contribution < 1.29 is 9.22 Å². The van der Waals surface area contributed by atoms with Crippen LogP contribution < -0.4 is 0 Å². The molecule has 0 saturated heterocycles. The Kier molecular flexibility index (Phi) is 5.32. The van der Waals surface area contributed by atoms with E-state index >= 15 is 0 Å². The Morgan fingerprint density at radius 3 is 2.35 bits per heavy atom. The molecule has 0 radical (unpaired) electrons. The molecule has 1 aromatic rings. The molecular formula is C14H20O2Si. The lowest BCUT2D eigenvalue weighted by atomic mass is 9.98. The van der Waals surface area contributed by atoms with Gasteiger partial charge >= 0.3 is 0 Å². The number of carbonyl (C=O) groups excluding carboxylic acids is 1. The molecule has 0 aromatic heterocycles. The van der Waals surface area contributed by atoms with Gasteiger partial charge in [0, 0.05) is 18.1 Å². The summed E-state index contributed by atoms with van der Waals surface area (Å²) in [6, 6.07) is 7.62. The van der Waals surface area contributed by atoms with Crippen LogP contribution in [0.2, 0.25) is 6.55 Å². The molecule has 2 nitrogen and oxygen atoms in total. The van der Waals surface area contributed by atoms with E-state index in [1.54, 1.807) is 0 Å². The van der Waals surface area contributed by atoms with Crippen molar-refractivity contribution in [1.82, 2.24) is 0 Å². The van der Waals surface area contributed by atoms with E-state index in [0.717, 1.165) is 16.7 Å². The van der Waals surface area contributed by atoms with Crippen LogP contribution in [-0.2, 0) is 4.43 Å². The van der Waals surface area contributed by atoms with Crippen molar-refractivity contribution in [3.63, 3.8) is 0 Å². The molecule has 0 fully saturated rings. The molecule has 0 aliphatic rings. The molecule has 0 aliphatic heterocycles. The van der Waals surface area contributed by atoms with Gasteiger partial charge in [-0.2, -0.15) is 0 Å². The predicted octanol–water partition coefficient (Wildman–Crippen LogP) is 2.69. The number of allylic oxidation sites excluding steroid dienone is 1. The highest BCUT2D eigenvalue weighted by molar-refractivity contribution is 6.24. The van der Waals surface area contributed by atoms with Gasteiger partial charge in [-0.3, -0.25) is 4.79 Å². The van der Waals surface area contributed by atoms with Crippen molar-refractivity contribution in [2.24, 2.45) is 5.92 Å². The number of hydrogen-bond donors (Lipinski definition) is 0. The molecular weight excluding hydrogens is 228 g/mol. The van der Waals surface area contributed by atoms with Crippen LogP contribution in [0.3, 0.4) is 0 Å². The van der Waals surface area contributed by atoms with Gasteiger partial charge in [0.2, 0.25) is 0 Å². The van der Waals surface area contributed by atoms with E-state index in [1.807, 2.05) is 38.1 Å². The Balaban J connectivity index is 2.72. The summed E-state index contributed by atoms with van der Waals surface area (Å²) in [6.45, 7) is 10.4. The molecule has 0 aliphatic carbocycles. The Bertz CT molecular complexity index is 395. The monoisotopic (exact) mass is 248 g/mol. The van der Waals surface area contributed by atoms with Crippen molar-refractivity contribution in [3.05, 3.63) is 42.0 Å². The molecule has 0 amide bonds. The zero-order valence-electron chi connectivity index (χ0n) is 10.8. The Labute approximate surface area is 106 Å². The summed E-state index contributed by atoms with van der Waals surface area (Å²) < 4.78 is 5.40. The van der Waals surface area contributed by atoms with Gasteiger partial charge in [-0.05, 0) is 12.5 Å². The van der Waals surface area contributed by atoms with E-state index in [-0.39, 0.29) is 11.7 Å². The number of Topliss-reactive ketones (excluding diaryl/α,β-unsaturated/α-hetero) is 1. The van der Waals surface area contributed by atoms with Crippen LogP contribution in [0.25, 0.3) is 5.57 Å².